The van der Waals surface area contributed by atoms with Crippen molar-refractivity contribution < 1.29 is 4.79 Å². The minimum atomic E-state index is -0.0546. The molecule has 0 bridgehead atoms. The van der Waals surface area contributed by atoms with E-state index in [1.807, 2.05) is 56.0 Å². The van der Waals surface area contributed by atoms with Crippen LogP contribution in [0.3, 0.4) is 0 Å². The lowest BCUT2D eigenvalue weighted by Gasteiger charge is -2.25. The normalized spacial score (nSPS) is 11.0. The van der Waals surface area contributed by atoms with Gasteiger partial charge in [0.15, 0.2) is 0 Å². The van der Waals surface area contributed by atoms with Gasteiger partial charge in [-0.3, -0.25) is 0 Å². The van der Waals surface area contributed by atoms with Crippen molar-refractivity contribution in [3.05, 3.63) is 53.1 Å². The van der Waals surface area contributed by atoms with E-state index in [4.69, 9.17) is 11.6 Å². The monoisotopic (exact) mass is 377 g/mol. The van der Waals surface area contributed by atoms with E-state index >= 15 is 0 Å². The van der Waals surface area contributed by atoms with Crippen molar-refractivity contribution in [2.24, 2.45) is 0 Å². The van der Waals surface area contributed by atoms with E-state index in [0.717, 1.165) is 29.4 Å². The van der Waals surface area contributed by atoms with Crippen LogP contribution in [0.5, 0.6) is 0 Å². The molecule has 26 heavy (non-hydrogen) atoms. The van der Waals surface area contributed by atoms with Crippen LogP contribution < -0.4 is 5.32 Å². The molecule has 0 spiro atoms. The summed E-state index contributed by atoms with van der Waals surface area (Å²) in [5.74, 6) is 0.843. The summed E-state index contributed by atoms with van der Waals surface area (Å²) >= 11 is 6.28. The van der Waals surface area contributed by atoms with Crippen molar-refractivity contribution in [3.8, 4) is 0 Å². The second kappa shape index (κ2) is 10.2. The fraction of sp³-hybridized carbons (Fsp3) is 0.474. The number of nitrogens with zero attached hydrogens (tertiary/aromatic N) is 4. The lowest BCUT2D eigenvalue weighted by Crippen LogP contribution is -2.43. The molecule has 0 aliphatic heterocycles. The summed E-state index contributed by atoms with van der Waals surface area (Å²) in [7, 11) is 4.00. The van der Waals surface area contributed by atoms with Gasteiger partial charge in [0, 0.05) is 37.1 Å². The molecule has 1 N–H and O–H groups in total. The molecular weight excluding hydrogens is 350 g/mol. The highest BCUT2D eigenvalue weighted by Gasteiger charge is 2.16. The molecule has 142 valence electrons. The molecule has 0 unspecified atom stereocenters. The van der Waals surface area contributed by atoms with Crippen LogP contribution in [0.4, 0.5) is 4.79 Å². The van der Waals surface area contributed by atoms with E-state index in [2.05, 4.69) is 15.2 Å². The Hall–Kier alpha value is -2.05. The molecule has 0 aliphatic rings. The van der Waals surface area contributed by atoms with Crippen molar-refractivity contribution in [2.45, 2.75) is 26.4 Å². The van der Waals surface area contributed by atoms with Gasteiger partial charge in [0.25, 0.3) is 0 Å². The third kappa shape index (κ3) is 6.04. The fourth-order valence-electron chi connectivity index (χ4n) is 2.53. The number of amides is 2. The number of carbonyl (C=O) groups is 1. The van der Waals surface area contributed by atoms with Crippen LogP contribution in [0.25, 0.3) is 0 Å². The van der Waals surface area contributed by atoms with Crippen LogP contribution in [0, 0.1) is 0 Å². The molecule has 6 nitrogen and oxygen atoms in total. The Kier molecular flexibility index (Phi) is 7.94. The maximum absolute atomic E-state index is 12.5. The highest BCUT2D eigenvalue weighted by atomic mass is 35.5. The maximum atomic E-state index is 12.5. The predicted molar refractivity (Wildman–Crippen MR) is 105 cm³/mol. The minimum absolute atomic E-state index is 0.0546. The minimum Gasteiger partial charge on any atom is -0.338 e. The van der Waals surface area contributed by atoms with Gasteiger partial charge in [-0.1, -0.05) is 36.7 Å². The number of rotatable bonds is 9. The molecule has 2 rings (SSSR count). The molecule has 1 aromatic carbocycles. The van der Waals surface area contributed by atoms with Gasteiger partial charge >= 0.3 is 6.03 Å². The van der Waals surface area contributed by atoms with E-state index in [1.165, 1.54) is 0 Å². The number of imidazole rings is 1. The Morgan fingerprint density at radius 2 is 2.04 bits per heavy atom. The van der Waals surface area contributed by atoms with Crippen LogP contribution in [0.2, 0.25) is 5.02 Å². The van der Waals surface area contributed by atoms with Gasteiger partial charge < -0.3 is 19.7 Å². The molecule has 0 fully saturated rings. The molecule has 1 aromatic heterocycles. The standard InChI is InChI=1S/C19H28ClN5O/c1-4-9-22-19(26)25(13-12-23(2)3)15-18-21-10-11-24(18)14-16-7-5-6-8-17(16)20/h5-8,10-11H,4,9,12-15H2,1-3H3,(H,22,26). The van der Waals surface area contributed by atoms with Crippen molar-refractivity contribution in [1.29, 1.82) is 0 Å². The number of aromatic nitrogens is 2. The topological polar surface area (TPSA) is 53.4 Å². The zero-order chi connectivity index (χ0) is 18.9. The molecule has 0 aliphatic carbocycles. The molecule has 2 amide bonds. The summed E-state index contributed by atoms with van der Waals surface area (Å²) in [5, 5.41) is 3.69. The first-order valence-electron chi connectivity index (χ1n) is 8.92. The Balaban J connectivity index is 2.11. The molecule has 2 aromatic rings. The van der Waals surface area contributed by atoms with Gasteiger partial charge in [-0.25, -0.2) is 9.78 Å². The van der Waals surface area contributed by atoms with Crippen LogP contribution in [0.15, 0.2) is 36.7 Å². The zero-order valence-electron chi connectivity index (χ0n) is 15.8. The summed E-state index contributed by atoms with van der Waals surface area (Å²) < 4.78 is 2.04. The number of nitrogens with one attached hydrogen (secondary N) is 1. The number of likely N-dealkylation sites (N-methyl/N-ethyl adjacent to an activating group) is 1. The summed E-state index contributed by atoms with van der Waals surface area (Å²) in [6.07, 6.45) is 4.60. The van der Waals surface area contributed by atoms with E-state index < -0.39 is 0 Å². The first-order chi connectivity index (χ1) is 12.5. The second-order valence-corrected chi connectivity index (χ2v) is 6.93. The van der Waals surface area contributed by atoms with Crippen LogP contribution in [-0.2, 0) is 13.1 Å². The number of halogens is 1. The zero-order valence-corrected chi connectivity index (χ0v) is 16.5. The van der Waals surface area contributed by atoms with Crippen molar-refractivity contribution in [3.63, 3.8) is 0 Å². The molecule has 1 heterocycles. The van der Waals surface area contributed by atoms with Gasteiger partial charge in [-0.2, -0.15) is 0 Å². The van der Waals surface area contributed by atoms with Crippen molar-refractivity contribution in [2.75, 3.05) is 33.7 Å². The summed E-state index contributed by atoms with van der Waals surface area (Å²) in [5.41, 5.74) is 1.03. The van der Waals surface area contributed by atoms with Crippen LogP contribution >= 0.6 is 11.6 Å². The number of urea groups is 1. The Labute approximate surface area is 160 Å². The Morgan fingerprint density at radius 3 is 2.73 bits per heavy atom. The van der Waals surface area contributed by atoms with Crippen LogP contribution in [0.1, 0.15) is 24.7 Å². The first-order valence-corrected chi connectivity index (χ1v) is 9.30. The highest BCUT2D eigenvalue weighted by molar-refractivity contribution is 6.31. The molecular formula is C19H28ClN5O. The Bertz CT molecular complexity index is 701. The lowest BCUT2D eigenvalue weighted by atomic mass is 10.2. The summed E-state index contributed by atoms with van der Waals surface area (Å²) in [4.78, 5) is 20.8. The number of hydrogen-bond donors (Lipinski definition) is 1. The molecule has 7 heteroatoms. The lowest BCUT2D eigenvalue weighted by molar-refractivity contribution is 0.186. The average molecular weight is 378 g/mol. The van der Waals surface area contributed by atoms with Crippen LogP contribution in [-0.4, -0.2) is 59.1 Å². The molecule has 0 saturated heterocycles. The van der Waals surface area contributed by atoms with Gasteiger partial charge in [-0.15, -0.1) is 0 Å². The quantitative estimate of drug-likeness (QED) is 0.730. The van der Waals surface area contributed by atoms with Gasteiger partial charge in [0.05, 0.1) is 13.1 Å². The van der Waals surface area contributed by atoms with E-state index in [9.17, 15) is 4.79 Å². The molecule has 0 radical (unpaired) electrons. The smallest absolute Gasteiger partial charge is 0.317 e. The highest BCUT2D eigenvalue weighted by Crippen LogP contribution is 2.17. The largest absolute Gasteiger partial charge is 0.338 e. The van der Waals surface area contributed by atoms with Gasteiger partial charge in [0.1, 0.15) is 5.82 Å². The Morgan fingerprint density at radius 1 is 1.27 bits per heavy atom. The first kappa shape index (κ1) is 20.3. The summed E-state index contributed by atoms with van der Waals surface area (Å²) in [6, 6.07) is 7.72. The maximum Gasteiger partial charge on any atom is 0.317 e. The van der Waals surface area contributed by atoms with Crippen molar-refractivity contribution in [1.82, 2.24) is 24.7 Å². The fourth-order valence-corrected chi connectivity index (χ4v) is 2.73. The number of carbonyl (C=O) groups excluding carboxylic acids is 1. The number of hydrogen-bond acceptors (Lipinski definition) is 3. The third-order valence-electron chi connectivity index (χ3n) is 4.06. The van der Waals surface area contributed by atoms with E-state index in [1.54, 1.807) is 11.1 Å². The van der Waals surface area contributed by atoms with Crippen molar-refractivity contribution >= 4 is 17.6 Å². The molecule has 0 atom stereocenters. The second-order valence-electron chi connectivity index (χ2n) is 6.52. The average Bonchev–Trinajstić information content (AvgIpc) is 3.05. The van der Waals surface area contributed by atoms with E-state index in [-0.39, 0.29) is 6.03 Å². The van der Waals surface area contributed by atoms with Gasteiger partial charge in [-0.05, 0) is 32.1 Å². The third-order valence-corrected chi connectivity index (χ3v) is 4.43. The van der Waals surface area contributed by atoms with Gasteiger partial charge in [0.2, 0.25) is 0 Å². The molecule has 0 saturated carbocycles. The SMILES string of the molecule is CCCNC(=O)N(CCN(C)C)Cc1nccn1Cc1ccccc1Cl. The summed E-state index contributed by atoms with van der Waals surface area (Å²) in [6.45, 7) is 5.24. The number of benzene rings is 1. The predicted octanol–water partition coefficient (Wildman–Crippen LogP) is 3.07. The van der Waals surface area contributed by atoms with E-state index in [0.29, 0.717) is 26.2 Å².